The fourth-order valence-electron chi connectivity index (χ4n) is 2.85. The number of aromatic hydroxyl groups is 1. The topological polar surface area (TPSA) is 127 Å². The zero-order valence-electron chi connectivity index (χ0n) is 16.4. The second-order valence-corrected chi connectivity index (χ2v) is 7.71. The summed E-state index contributed by atoms with van der Waals surface area (Å²) in [5.41, 5.74) is 3.03. The lowest BCUT2D eigenvalue weighted by atomic mass is 10.2. The van der Waals surface area contributed by atoms with Gasteiger partial charge in [0.1, 0.15) is 0 Å². The number of benzene rings is 1. The number of phenols is 1. The van der Waals surface area contributed by atoms with Crippen molar-refractivity contribution in [2.24, 2.45) is 18.1 Å². The van der Waals surface area contributed by atoms with Crippen molar-refractivity contribution in [2.45, 2.75) is 20.4 Å². The van der Waals surface area contributed by atoms with Crippen LogP contribution in [0.5, 0.6) is 11.5 Å². The highest BCUT2D eigenvalue weighted by atomic mass is 79.9. The SMILES string of the molecule is COc1cc(C=NNc2nc3c(c(=O)[nH]c(=O)n3C)n2CC(C)C)cc(Br)c1O. The highest BCUT2D eigenvalue weighted by Crippen LogP contribution is 2.34. The first kappa shape index (κ1) is 20.6. The Balaban J connectivity index is 2.02. The number of hydrogen-bond acceptors (Lipinski definition) is 7. The van der Waals surface area contributed by atoms with Crippen LogP contribution in [-0.2, 0) is 13.6 Å². The number of H-pyrrole nitrogens is 1. The number of nitrogens with one attached hydrogen (secondary N) is 2. The van der Waals surface area contributed by atoms with Crippen molar-refractivity contribution >= 4 is 39.3 Å². The zero-order valence-corrected chi connectivity index (χ0v) is 17.9. The van der Waals surface area contributed by atoms with E-state index in [2.05, 4.69) is 36.4 Å². The molecule has 154 valence electrons. The quantitative estimate of drug-likeness (QED) is 0.378. The molecule has 3 N–H and O–H groups in total. The lowest BCUT2D eigenvalue weighted by Gasteiger charge is -2.10. The number of aryl methyl sites for hydroxylation is 1. The van der Waals surface area contributed by atoms with Crippen molar-refractivity contribution in [1.82, 2.24) is 19.1 Å². The largest absolute Gasteiger partial charge is 0.503 e. The molecule has 0 radical (unpaired) electrons. The molecule has 0 saturated heterocycles. The first-order valence-corrected chi connectivity index (χ1v) is 9.57. The molecule has 3 rings (SSSR count). The molecular weight excluding hydrogens is 444 g/mol. The van der Waals surface area contributed by atoms with E-state index in [9.17, 15) is 14.7 Å². The number of fused-ring (bicyclic) bond motifs is 1. The van der Waals surface area contributed by atoms with Crippen LogP contribution in [0, 0.1) is 5.92 Å². The van der Waals surface area contributed by atoms with Crippen molar-refractivity contribution in [3.8, 4) is 11.5 Å². The van der Waals surface area contributed by atoms with Gasteiger partial charge in [-0.25, -0.2) is 10.2 Å². The summed E-state index contributed by atoms with van der Waals surface area (Å²) in [5.74, 6) is 0.859. The Morgan fingerprint density at radius 2 is 2.14 bits per heavy atom. The minimum Gasteiger partial charge on any atom is -0.503 e. The fourth-order valence-corrected chi connectivity index (χ4v) is 3.31. The molecule has 10 nitrogen and oxygen atoms in total. The number of halogens is 1. The van der Waals surface area contributed by atoms with Crippen LogP contribution in [0.15, 0.2) is 31.3 Å². The smallest absolute Gasteiger partial charge is 0.329 e. The number of anilines is 1. The van der Waals surface area contributed by atoms with Crippen LogP contribution < -0.4 is 21.4 Å². The van der Waals surface area contributed by atoms with E-state index in [0.29, 0.717) is 33.8 Å². The minimum absolute atomic E-state index is 0.00326. The number of imidazole rings is 1. The Hall–Kier alpha value is -3.08. The van der Waals surface area contributed by atoms with Gasteiger partial charge in [-0.05, 0) is 39.5 Å². The van der Waals surface area contributed by atoms with Crippen LogP contribution >= 0.6 is 15.9 Å². The molecule has 0 bridgehead atoms. The standard InChI is InChI=1S/C18H21BrN6O4/c1-9(2)8-25-13-15(24(3)18(28)22-16(13)27)21-17(25)23-20-7-10-5-11(19)14(26)12(6-10)29-4/h5-7,9,26H,8H2,1-4H3,(H,21,23)(H,22,27,28). The number of methoxy groups -OCH3 is 1. The van der Waals surface area contributed by atoms with Crippen molar-refractivity contribution in [3.05, 3.63) is 43.0 Å². The number of aromatic amines is 1. The molecule has 0 aliphatic rings. The van der Waals surface area contributed by atoms with Gasteiger partial charge >= 0.3 is 5.69 Å². The van der Waals surface area contributed by atoms with Gasteiger partial charge in [0.25, 0.3) is 5.56 Å². The second kappa shape index (κ2) is 8.11. The van der Waals surface area contributed by atoms with E-state index in [1.165, 1.54) is 17.9 Å². The summed E-state index contributed by atoms with van der Waals surface area (Å²) in [7, 11) is 3.00. The second-order valence-electron chi connectivity index (χ2n) is 6.85. The molecule has 0 spiro atoms. The number of aromatic nitrogens is 4. The summed E-state index contributed by atoms with van der Waals surface area (Å²) in [5, 5.41) is 14.1. The third-order valence-corrected chi connectivity index (χ3v) is 4.81. The van der Waals surface area contributed by atoms with Gasteiger partial charge in [0, 0.05) is 13.6 Å². The molecule has 11 heteroatoms. The molecule has 0 aliphatic heterocycles. The molecule has 0 saturated carbocycles. The van der Waals surface area contributed by atoms with Crippen LogP contribution in [0.2, 0.25) is 0 Å². The lowest BCUT2D eigenvalue weighted by molar-refractivity contribution is 0.372. The van der Waals surface area contributed by atoms with Crippen LogP contribution in [0.3, 0.4) is 0 Å². The Labute approximate surface area is 174 Å². The molecule has 0 amide bonds. The first-order chi connectivity index (χ1) is 13.7. The molecule has 3 aromatic rings. The Bertz CT molecular complexity index is 1210. The van der Waals surface area contributed by atoms with Gasteiger partial charge in [0.05, 0.1) is 17.8 Å². The number of ether oxygens (including phenoxy) is 1. The van der Waals surface area contributed by atoms with E-state index in [0.717, 1.165) is 0 Å². The zero-order chi connectivity index (χ0) is 21.3. The number of phenolic OH excluding ortho intramolecular Hbond substituents is 1. The minimum atomic E-state index is -0.534. The van der Waals surface area contributed by atoms with E-state index in [1.807, 2.05) is 13.8 Å². The van der Waals surface area contributed by atoms with Crippen molar-refractivity contribution in [3.63, 3.8) is 0 Å². The summed E-state index contributed by atoms with van der Waals surface area (Å²) in [6, 6.07) is 3.30. The first-order valence-electron chi connectivity index (χ1n) is 8.78. The lowest BCUT2D eigenvalue weighted by Crippen LogP contribution is -2.29. The Morgan fingerprint density at radius 1 is 1.41 bits per heavy atom. The van der Waals surface area contributed by atoms with Crippen LogP contribution in [-0.4, -0.2) is 37.5 Å². The molecule has 0 aliphatic carbocycles. The third-order valence-electron chi connectivity index (χ3n) is 4.20. The monoisotopic (exact) mass is 464 g/mol. The average Bonchev–Trinajstić information content (AvgIpc) is 3.01. The average molecular weight is 465 g/mol. The maximum Gasteiger partial charge on any atom is 0.329 e. The molecule has 0 unspecified atom stereocenters. The van der Waals surface area contributed by atoms with Crippen molar-refractivity contribution < 1.29 is 9.84 Å². The molecule has 29 heavy (non-hydrogen) atoms. The van der Waals surface area contributed by atoms with Gasteiger partial charge < -0.3 is 14.4 Å². The summed E-state index contributed by atoms with van der Waals surface area (Å²) in [6.07, 6.45) is 1.52. The van der Waals surface area contributed by atoms with E-state index < -0.39 is 11.2 Å². The van der Waals surface area contributed by atoms with E-state index in [4.69, 9.17) is 4.74 Å². The van der Waals surface area contributed by atoms with Gasteiger partial charge in [-0.15, -0.1) is 0 Å². The predicted octanol–water partition coefficient (Wildman–Crippen LogP) is 2.00. The summed E-state index contributed by atoms with van der Waals surface area (Å²) in [4.78, 5) is 30.9. The number of rotatable bonds is 6. The van der Waals surface area contributed by atoms with Gasteiger partial charge in [0.15, 0.2) is 22.7 Å². The van der Waals surface area contributed by atoms with Gasteiger partial charge in [0.2, 0.25) is 5.95 Å². The van der Waals surface area contributed by atoms with E-state index >= 15 is 0 Å². The van der Waals surface area contributed by atoms with Crippen molar-refractivity contribution in [1.29, 1.82) is 0 Å². The van der Waals surface area contributed by atoms with Gasteiger partial charge in [-0.3, -0.25) is 14.3 Å². The molecule has 1 aromatic carbocycles. The summed E-state index contributed by atoms with van der Waals surface area (Å²) >= 11 is 3.26. The third kappa shape index (κ3) is 4.04. The predicted molar refractivity (Wildman–Crippen MR) is 114 cm³/mol. The number of hydrazone groups is 1. The van der Waals surface area contributed by atoms with Crippen molar-refractivity contribution in [2.75, 3.05) is 12.5 Å². The Kier molecular flexibility index (Phi) is 5.78. The van der Waals surface area contributed by atoms with Gasteiger partial charge in [-0.2, -0.15) is 10.1 Å². The molecule has 0 atom stereocenters. The van der Waals surface area contributed by atoms with Crippen LogP contribution in [0.4, 0.5) is 5.95 Å². The summed E-state index contributed by atoms with van der Waals surface area (Å²) in [6.45, 7) is 4.53. The Morgan fingerprint density at radius 3 is 2.79 bits per heavy atom. The number of nitrogens with zero attached hydrogens (tertiary/aromatic N) is 4. The molecule has 2 heterocycles. The molecular formula is C18H21BrN6O4. The molecule has 0 fully saturated rings. The van der Waals surface area contributed by atoms with Crippen LogP contribution in [0.25, 0.3) is 11.2 Å². The highest BCUT2D eigenvalue weighted by Gasteiger charge is 2.17. The van der Waals surface area contributed by atoms with Gasteiger partial charge in [-0.1, -0.05) is 13.8 Å². The fraction of sp³-hybridized carbons (Fsp3) is 0.333. The summed E-state index contributed by atoms with van der Waals surface area (Å²) < 4.78 is 8.57. The normalized spacial score (nSPS) is 11.7. The highest BCUT2D eigenvalue weighted by molar-refractivity contribution is 9.10. The van der Waals surface area contributed by atoms with E-state index in [-0.39, 0.29) is 17.3 Å². The maximum atomic E-state index is 12.4. The number of hydrogen-bond donors (Lipinski definition) is 3. The maximum absolute atomic E-state index is 12.4. The van der Waals surface area contributed by atoms with E-state index in [1.54, 1.807) is 23.7 Å². The van der Waals surface area contributed by atoms with Crippen LogP contribution in [0.1, 0.15) is 19.4 Å². The molecule has 2 aromatic heterocycles.